The Labute approximate surface area is 175 Å². The van der Waals surface area contributed by atoms with Crippen molar-refractivity contribution in [2.24, 2.45) is 5.92 Å². The van der Waals surface area contributed by atoms with E-state index < -0.39 is 27.9 Å². The van der Waals surface area contributed by atoms with Crippen molar-refractivity contribution in [3.05, 3.63) is 47.3 Å². The molecule has 1 aromatic heterocycles. The van der Waals surface area contributed by atoms with Crippen molar-refractivity contribution in [1.82, 2.24) is 9.46 Å². The first-order valence-corrected chi connectivity index (χ1v) is 11.1. The molecule has 3 rings (SSSR count). The van der Waals surface area contributed by atoms with E-state index in [4.69, 9.17) is 14.0 Å². The summed E-state index contributed by atoms with van der Waals surface area (Å²) in [6.07, 6.45) is 0.705. The maximum atomic E-state index is 12.8. The van der Waals surface area contributed by atoms with E-state index in [0.29, 0.717) is 24.1 Å². The number of esters is 2. The smallest absolute Gasteiger partial charge is 0.338 e. The molecule has 1 fully saturated rings. The molecule has 0 amide bonds. The summed E-state index contributed by atoms with van der Waals surface area (Å²) < 4.78 is 42.2. The monoisotopic (exact) mass is 436 g/mol. The number of aryl methyl sites for hydroxylation is 2. The van der Waals surface area contributed by atoms with Crippen LogP contribution in [0.1, 0.15) is 34.7 Å². The molecule has 2 heterocycles. The zero-order valence-corrected chi connectivity index (χ0v) is 17.7. The molecular weight excluding hydrogens is 412 g/mol. The summed E-state index contributed by atoms with van der Waals surface area (Å²) in [6, 6.07) is 8.53. The number of carbonyl (C=O) groups excluding carboxylic acids is 2. The van der Waals surface area contributed by atoms with Gasteiger partial charge in [0.1, 0.15) is 23.8 Å². The number of hydrogen-bond acceptors (Lipinski definition) is 8. The van der Waals surface area contributed by atoms with Gasteiger partial charge >= 0.3 is 11.9 Å². The molecule has 10 heteroatoms. The van der Waals surface area contributed by atoms with Crippen LogP contribution in [0, 0.1) is 19.8 Å². The fraction of sp³-hybridized carbons (Fsp3) is 0.450. The summed E-state index contributed by atoms with van der Waals surface area (Å²) >= 11 is 0. The topological polar surface area (TPSA) is 116 Å². The van der Waals surface area contributed by atoms with Gasteiger partial charge in [0.15, 0.2) is 5.76 Å². The van der Waals surface area contributed by atoms with Gasteiger partial charge in [0, 0.05) is 13.1 Å². The predicted molar refractivity (Wildman–Crippen MR) is 105 cm³/mol. The van der Waals surface area contributed by atoms with Gasteiger partial charge in [-0.1, -0.05) is 23.4 Å². The summed E-state index contributed by atoms with van der Waals surface area (Å²) in [6.45, 7) is 3.46. The third kappa shape index (κ3) is 4.88. The van der Waals surface area contributed by atoms with Crippen LogP contribution in [-0.4, -0.2) is 56.1 Å². The molecule has 1 aliphatic heterocycles. The molecule has 0 spiro atoms. The van der Waals surface area contributed by atoms with Gasteiger partial charge in [-0.05, 0) is 38.8 Å². The van der Waals surface area contributed by atoms with Crippen LogP contribution < -0.4 is 0 Å². The van der Waals surface area contributed by atoms with Crippen LogP contribution in [0.3, 0.4) is 0 Å². The van der Waals surface area contributed by atoms with Crippen LogP contribution in [0.2, 0.25) is 0 Å². The second-order valence-corrected chi connectivity index (χ2v) is 8.88. The second-order valence-electron chi connectivity index (χ2n) is 7.00. The Bertz CT molecular complexity index is 974. The van der Waals surface area contributed by atoms with Crippen LogP contribution in [-0.2, 0) is 24.3 Å². The van der Waals surface area contributed by atoms with E-state index in [1.165, 1.54) is 4.31 Å². The number of hydrogen-bond donors (Lipinski definition) is 0. The lowest BCUT2D eigenvalue weighted by Gasteiger charge is -2.29. The largest absolute Gasteiger partial charge is 0.462 e. The van der Waals surface area contributed by atoms with E-state index in [0.717, 1.165) is 0 Å². The molecule has 0 aliphatic carbocycles. The van der Waals surface area contributed by atoms with Crippen LogP contribution in [0.5, 0.6) is 0 Å². The normalized spacial score (nSPS) is 15.7. The molecule has 162 valence electrons. The fourth-order valence-corrected chi connectivity index (χ4v) is 5.12. The Morgan fingerprint density at radius 3 is 2.33 bits per heavy atom. The van der Waals surface area contributed by atoms with E-state index in [1.54, 1.807) is 44.2 Å². The number of piperidine rings is 1. The molecule has 1 aliphatic rings. The molecule has 0 atom stereocenters. The molecule has 30 heavy (non-hydrogen) atoms. The summed E-state index contributed by atoms with van der Waals surface area (Å²) in [5.41, 5.74) is 0.745. The average molecular weight is 436 g/mol. The molecule has 1 saturated heterocycles. The minimum absolute atomic E-state index is 0.0429. The van der Waals surface area contributed by atoms with Gasteiger partial charge in [0.2, 0.25) is 10.0 Å². The number of aromatic nitrogens is 1. The van der Waals surface area contributed by atoms with Crippen molar-refractivity contribution >= 4 is 22.0 Å². The number of ether oxygens (including phenoxy) is 2. The molecule has 0 bridgehead atoms. The van der Waals surface area contributed by atoms with Crippen molar-refractivity contribution in [3.8, 4) is 0 Å². The third-order valence-corrected chi connectivity index (χ3v) is 7.07. The van der Waals surface area contributed by atoms with E-state index in [1.807, 2.05) is 0 Å². The highest BCUT2D eigenvalue weighted by atomic mass is 32.2. The van der Waals surface area contributed by atoms with Gasteiger partial charge in [0.25, 0.3) is 0 Å². The Hall–Kier alpha value is -2.72. The lowest BCUT2D eigenvalue weighted by Crippen LogP contribution is -2.41. The van der Waals surface area contributed by atoms with Gasteiger partial charge in [-0.25, -0.2) is 13.2 Å². The minimum Gasteiger partial charge on any atom is -0.462 e. The standard InChI is InChI=1S/C20H24N2O7S/c1-14-18(15(2)29-21-14)30(25,26)22-10-8-17(9-11-22)20(24)28-13-12-27-19(23)16-6-4-3-5-7-16/h3-7,17H,8-13H2,1-2H3. The van der Waals surface area contributed by atoms with Crippen LogP contribution >= 0.6 is 0 Å². The molecule has 0 N–H and O–H groups in total. The van der Waals surface area contributed by atoms with Crippen LogP contribution in [0.4, 0.5) is 0 Å². The third-order valence-electron chi connectivity index (χ3n) is 4.92. The van der Waals surface area contributed by atoms with Crippen molar-refractivity contribution in [3.63, 3.8) is 0 Å². The lowest BCUT2D eigenvalue weighted by atomic mass is 9.98. The van der Waals surface area contributed by atoms with Gasteiger partial charge in [-0.3, -0.25) is 4.79 Å². The number of benzene rings is 1. The first-order chi connectivity index (χ1) is 14.3. The van der Waals surface area contributed by atoms with E-state index in [-0.39, 0.29) is 37.0 Å². The minimum atomic E-state index is -3.72. The molecule has 0 radical (unpaired) electrons. The highest BCUT2D eigenvalue weighted by molar-refractivity contribution is 7.89. The molecule has 1 aromatic carbocycles. The van der Waals surface area contributed by atoms with Crippen molar-refractivity contribution in [1.29, 1.82) is 0 Å². The van der Waals surface area contributed by atoms with Gasteiger partial charge in [-0.15, -0.1) is 0 Å². The Balaban J connectivity index is 1.44. The maximum absolute atomic E-state index is 12.8. The maximum Gasteiger partial charge on any atom is 0.338 e. The molecule has 9 nitrogen and oxygen atoms in total. The van der Waals surface area contributed by atoms with E-state index in [2.05, 4.69) is 5.16 Å². The first-order valence-electron chi connectivity index (χ1n) is 9.62. The number of rotatable bonds is 7. The molecule has 0 saturated carbocycles. The number of carbonyl (C=O) groups is 2. The van der Waals surface area contributed by atoms with Gasteiger partial charge in [0.05, 0.1) is 11.5 Å². The molecular formula is C20H24N2O7S. The van der Waals surface area contributed by atoms with E-state index >= 15 is 0 Å². The zero-order chi connectivity index (χ0) is 21.7. The van der Waals surface area contributed by atoms with Crippen LogP contribution in [0.15, 0.2) is 39.8 Å². The van der Waals surface area contributed by atoms with Crippen molar-refractivity contribution < 1.29 is 32.0 Å². The summed E-state index contributed by atoms with van der Waals surface area (Å²) in [5.74, 6) is -1.05. The zero-order valence-electron chi connectivity index (χ0n) is 16.9. The first kappa shape index (κ1) is 22.0. The SMILES string of the molecule is Cc1noc(C)c1S(=O)(=O)N1CCC(C(=O)OCCOC(=O)c2ccccc2)CC1. The predicted octanol–water partition coefficient (Wildman–Crippen LogP) is 2.09. The summed E-state index contributed by atoms with van der Waals surface area (Å²) in [7, 11) is -3.72. The highest BCUT2D eigenvalue weighted by Gasteiger charge is 2.35. The summed E-state index contributed by atoms with van der Waals surface area (Å²) in [5, 5.41) is 3.70. The Kier molecular flexibility index (Phi) is 6.88. The Morgan fingerprint density at radius 1 is 1.10 bits per heavy atom. The Morgan fingerprint density at radius 2 is 1.73 bits per heavy atom. The number of nitrogens with zero attached hydrogens (tertiary/aromatic N) is 2. The van der Waals surface area contributed by atoms with Crippen molar-refractivity contribution in [2.75, 3.05) is 26.3 Å². The lowest BCUT2D eigenvalue weighted by molar-refractivity contribution is -0.150. The summed E-state index contributed by atoms with van der Waals surface area (Å²) in [4.78, 5) is 24.2. The average Bonchev–Trinajstić information content (AvgIpc) is 3.10. The van der Waals surface area contributed by atoms with Gasteiger partial charge in [-0.2, -0.15) is 4.31 Å². The quantitative estimate of drug-likeness (QED) is 0.479. The molecule has 0 unspecified atom stereocenters. The number of sulfonamides is 1. The van der Waals surface area contributed by atoms with Crippen molar-refractivity contribution in [2.45, 2.75) is 31.6 Å². The highest BCUT2D eigenvalue weighted by Crippen LogP contribution is 2.28. The van der Waals surface area contributed by atoms with Crippen LogP contribution in [0.25, 0.3) is 0 Å². The molecule has 2 aromatic rings. The fourth-order valence-electron chi connectivity index (χ4n) is 3.36. The van der Waals surface area contributed by atoms with Gasteiger partial charge < -0.3 is 14.0 Å². The van der Waals surface area contributed by atoms with E-state index in [9.17, 15) is 18.0 Å². The second kappa shape index (κ2) is 9.40.